The number of benzene rings is 1. The second-order valence-electron chi connectivity index (χ2n) is 5.16. The van der Waals surface area contributed by atoms with Crippen molar-refractivity contribution in [3.63, 3.8) is 0 Å². The van der Waals surface area contributed by atoms with Crippen LogP contribution in [0.1, 0.15) is 13.3 Å². The van der Waals surface area contributed by atoms with Gasteiger partial charge in [-0.2, -0.15) is 0 Å². The van der Waals surface area contributed by atoms with Crippen molar-refractivity contribution >= 4 is 29.7 Å². The largest absolute Gasteiger partial charge is 0.409 e. The maximum Gasteiger partial charge on any atom is 0.288 e. The van der Waals surface area contributed by atoms with E-state index in [-0.39, 0.29) is 17.3 Å². The molecule has 0 aliphatic carbocycles. The van der Waals surface area contributed by atoms with Crippen LogP contribution in [0.2, 0.25) is 5.02 Å². The Morgan fingerprint density at radius 1 is 1.48 bits per heavy atom. The lowest BCUT2D eigenvalue weighted by atomic mass is 10.2. The first-order valence-corrected chi connectivity index (χ1v) is 8.08. The van der Waals surface area contributed by atoms with Gasteiger partial charge in [-0.1, -0.05) is 30.7 Å². The van der Waals surface area contributed by atoms with E-state index in [0.29, 0.717) is 29.7 Å². The number of carbonyl (C=O) groups excluding carboxylic acids is 1. The van der Waals surface area contributed by atoms with Gasteiger partial charge in [0.25, 0.3) is 4.84 Å². The molecule has 0 bridgehead atoms. The van der Waals surface area contributed by atoms with Crippen LogP contribution in [0.25, 0.3) is 11.5 Å². The predicted molar refractivity (Wildman–Crippen MR) is 91.7 cm³/mol. The van der Waals surface area contributed by atoms with Crippen LogP contribution in [0.4, 0.5) is 0 Å². The summed E-state index contributed by atoms with van der Waals surface area (Å²) in [5.41, 5.74) is 0.683. The summed E-state index contributed by atoms with van der Waals surface area (Å²) in [6.07, 6.45) is 0.908. The van der Waals surface area contributed by atoms with Gasteiger partial charge < -0.3 is 9.73 Å². The maximum atomic E-state index is 11.7. The van der Waals surface area contributed by atoms with Crippen LogP contribution in [0.3, 0.4) is 0 Å². The number of rotatable bonds is 7. The smallest absolute Gasteiger partial charge is 0.288 e. The third-order valence-electron chi connectivity index (χ3n) is 3.07. The zero-order chi connectivity index (χ0) is 16.8. The molecule has 1 N–H and O–H groups in total. The van der Waals surface area contributed by atoms with Crippen molar-refractivity contribution in [1.82, 2.24) is 20.0 Å². The summed E-state index contributed by atoms with van der Waals surface area (Å²) in [6.45, 7) is 3.30. The molecule has 2 rings (SSSR count). The highest BCUT2D eigenvalue weighted by molar-refractivity contribution is 7.71. The number of carbonyl (C=O) groups is 1. The molecule has 0 saturated heterocycles. The molecule has 0 spiro atoms. The average molecular weight is 355 g/mol. The van der Waals surface area contributed by atoms with E-state index in [0.717, 1.165) is 6.42 Å². The minimum atomic E-state index is -0.0318. The van der Waals surface area contributed by atoms with E-state index >= 15 is 0 Å². The van der Waals surface area contributed by atoms with Crippen molar-refractivity contribution in [3.8, 4) is 11.5 Å². The van der Waals surface area contributed by atoms with Gasteiger partial charge >= 0.3 is 0 Å². The summed E-state index contributed by atoms with van der Waals surface area (Å²) < 4.78 is 7.04. The molecule has 1 amide bonds. The van der Waals surface area contributed by atoms with Gasteiger partial charge in [-0.25, -0.2) is 4.68 Å². The van der Waals surface area contributed by atoms with Crippen molar-refractivity contribution in [2.45, 2.75) is 20.0 Å². The van der Waals surface area contributed by atoms with Crippen LogP contribution in [-0.2, 0) is 11.5 Å². The molecule has 0 radical (unpaired) electrons. The molecular formula is C15H19ClN4O2S. The van der Waals surface area contributed by atoms with Crippen molar-refractivity contribution < 1.29 is 9.21 Å². The molecule has 0 saturated carbocycles. The second-order valence-corrected chi connectivity index (χ2v) is 5.91. The Morgan fingerprint density at radius 3 is 2.91 bits per heavy atom. The topological polar surface area (TPSA) is 63.3 Å². The predicted octanol–water partition coefficient (Wildman–Crippen LogP) is 2.94. The number of amides is 1. The first kappa shape index (κ1) is 17.7. The molecule has 8 heteroatoms. The lowest BCUT2D eigenvalue weighted by Gasteiger charge is -2.15. The van der Waals surface area contributed by atoms with Gasteiger partial charge in [0, 0.05) is 6.54 Å². The van der Waals surface area contributed by atoms with Crippen LogP contribution in [-0.4, -0.2) is 40.7 Å². The highest BCUT2D eigenvalue weighted by atomic mass is 35.5. The number of nitrogens with zero attached hydrogens (tertiary/aromatic N) is 3. The molecule has 0 fully saturated rings. The van der Waals surface area contributed by atoms with Crippen molar-refractivity contribution in [1.29, 1.82) is 0 Å². The first-order valence-electron chi connectivity index (χ1n) is 7.29. The summed E-state index contributed by atoms with van der Waals surface area (Å²) in [4.78, 5) is 13.8. The molecule has 0 aliphatic rings. The molecule has 0 atom stereocenters. The molecule has 6 nitrogen and oxygen atoms in total. The van der Waals surface area contributed by atoms with Gasteiger partial charge in [-0.15, -0.1) is 5.10 Å². The van der Waals surface area contributed by atoms with Gasteiger partial charge in [-0.05, 0) is 37.8 Å². The molecule has 1 aromatic carbocycles. The fourth-order valence-electron chi connectivity index (χ4n) is 1.98. The fourth-order valence-corrected chi connectivity index (χ4v) is 2.38. The third kappa shape index (κ3) is 4.89. The highest BCUT2D eigenvalue weighted by Gasteiger charge is 2.13. The summed E-state index contributed by atoms with van der Waals surface area (Å²) in [5.74, 6) is 0.333. The Labute approximate surface area is 145 Å². The zero-order valence-electron chi connectivity index (χ0n) is 13.1. The van der Waals surface area contributed by atoms with E-state index in [9.17, 15) is 4.79 Å². The van der Waals surface area contributed by atoms with E-state index < -0.39 is 0 Å². The summed E-state index contributed by atoms with van der Waals surface area (Å²) in [6, 6.07) is 7.26. The van der Waals surface area contributed by atoms with Gasteiger partial charge in [0.1, 0.15) is 0 Å². The first-order chi connectivity index (χ1) is 11.0. The standard InChI is InChI=1S/C15H19ClN4O2S/c1-3-8-17-13(21)9-19(2)10-20-15(23)22-14(18-20)11-6-4-5-7-12(11)16/h4-7H,3,8-10H2,1-2H3,(H,17,21). The van der Waals surface area contributed by atoms with Crippen LogP contribution >= 0.6 is 23.8 Å². The van der Waals surface area contributed by atoms with E-state index in [1.807, 2.05) is 32.2 Å². The van der Waals surface area contributed by atoms with Gasteiger partial charge in [0.05, 0.1) is 23.8 Å². The Hall–Kier alpha value is -1.70. The Bertz CT molecular complexity index is 728. The van der Waals surface area contributed by atoms with E-state index in [4.69, 9.17) is 28.2 Å². The Balaban J connectivity index is 2.06. The van der Waals surface area contributed by atoms with Crippen LogP contribution in [0.15, 0.2) is 28.7 Å². The third-order valence-corrected chi connectivity index (χ3v) is 3.70. The van der Waals surface area contributed by atoms with Crippen LogP contribution in [0, 0.1) is 4.84 Å². The van der Waals surface area contributed by atoms with Gasteiger partial charge in [0.15, 0.2) is 0 Å². The highest BCUT2D eigenvalue weighted by Crippen LogP contribution is 2.26. The molecule has 1 aromatic heterocycles. The molecular weight excluding hydrogens is 336 g/mol. The van der Waals surface area contributed by atoms with E-state index in [1.165, 1.54) is 4.68 Å². The van der Waals surface area contributed by atoms with E-state index in [1.54, 1.807) is 11.0 Å². The van der Waals surface area contributed by atoms with Crippen molar-refractivity contribution in [2.24, 2.45) is 0 Å². The molecule has 0 aliphatic heterocycles. The van der Waals surface area contributed by atoms with Crippen molar-refractivity contribution in [2.75, 3.05) is 20.1 Å². The number of aromatic nitrogens is 2. The van der Waals surface area contributed by atoms with Crippen LogP contribution in [0.5, 0.6) is 0 Å². The van der Waals surface area contributed by atoms with Crippen LogP contribution < -0.4 is 5.32 Å². The SMILES string of the molecule is CCCNC(=O)CN(C)Cn1nc(-c2ccccc2Cl)oc1=S. The monoisotopic (exact) mass is 354 g/mol. The number of nitrogens with one attached hydrogen (secondary N) is 1. The summed E-state index contributed by atoms with van der Waals surface area (Å²) in [5, 5.41) is 7.71. The lowest BCUT2D eigenvalue weighted by molar-refractivity contribution is -0.122. The second kappa shape index (κ2) is 8.24. The number of likely N-dealkylation sites (N-methyl/N-ethyl adjacent to an activating group) is 1. The number of hydrogen-bond acceptors (Lipinski definition) is 5. The summed E-state index contributed by atoms with van der Waals surface area (Å²) >= 11 is 11.3. The molecule has 2 aromatic rings. The quantitative estimate of drug-likeness (QED) is 0.774. The average Bonchev–Trinajstić information content (AvgIpc) is 2.86. The van der Waals surface area contributed by atoms with E-state index in [2.05, 4.69) is 10.4 Å². The minimum absolute atomic E-state index is 0.0318. The fraction of sp³-hybridized carbons (Fsp3) is 0.400. The zero-order valence-corrected chi connectivity index (χ0v) is 14.7. The van der Waals surface area contributed by atoms with Crippen molar-refractivity contribution in [3.05, 3.63) is 34.1 Å². The molecule has 0 unspecified atom stereocenters. The molecule has 124 valence electrons. The normalized spacial score (nSPS) is 11.0. The minimum Gasteiger partial charge on any atom is -0.409 e. The van der Waals surface area contributed by atoms with Gasteiger partial charge in [-0.3, -0.25) is 9.69 Å². The number of halogens is 1. The number of hydrogen-bond donors (Lipinski definition) is 1. The molecule has 1 heterocycles. The Morgan fingerprint density at radius 2 is 2.22 bits per heavy atom. The molecule has 23 heavy (non-hydrogen) atoms. The Kier molecular flexibility index (Phi) is 6.32. The lowest BCUT2D eigenvalue weighted by Crippen LogP contribution is -2.36. The summed E-state index contributed by atoms with van der Waals surface area (Å²) in [7, 11) is 1.82. The van der Waals surface area contributed by atoms with Gasteiger partial charge in [0.2, 0.25) is 11.8 Å². The maximum absolute atomic E-state index is 11.7.